The highest BCUT2D eigenvalue weighted by Crippen LogP contribution is 2.34. The molecule has 0 N–H and O–H groups in total. The molecule has 7 heteroatoms. The van der Waals surface area contributed by atoms with Crippen LogP contribution in [0.1, 0.15) is 34.7 Å². The van der Waals surface area contributed by atoms with Crippen molar-refractivity contribution in [2.45, 2.75) is 37.8 Å². The van der Waals surface area contributed by atoms with Crippen LogP contribution in [0.15, 0.2) is 72.8 Å². The number of benzene rings is 3. The van der Waals surface area contributed by atoms with E-state index in [1.165, 1.54) is 35.5 Å². The number of aromatic nitrogens is 1. The summed E-state index contributed by atoms with van der Waals surface area (Å²) in [6.07, 6.45) is 2.20. The van der Waals surface area contributed by atoms with Crippen molar-refractivity contribution >= 4 is 23.3 Å². The maximum Gasteiger partial charge on any atom is 0.293 e. The van der Waals surface area contributed by atoms with Gasteiger partial charge in [-0.25, -0.2) is 8.78 Å². The largest absolute Gasteiger partial charge is 0.468 e. The Balaban J connectivity index is 1.45. The van der Waals surface area contributed by atoms with Crippen molar-refractivity contribution in [2.24, 2.45) is 0 Å². The highest BCUT2D eigenvalue weighted by atomic mass is 19.1. The van der Waals surface area contributed by atoms with E-state index in [0.29, 0.717) is 37.2 Å². The minimum atomic E-state index is -0.676. The number of halogens is 2. The number of rotatable bonds is 8. The van der Waals surface area contributed by atoms with Crippen LogP contribution in [0, 0.1) is 11.6 Å². The molecule has 0 fully saturated rings. The molecule has 0 saturated heterocycles. The van der Waals surface area contributed by atoms with Crippen LogP contribution >= 0.6 is 0 Å². The third-order valence-electron chi connectivity index (χ3n) is 7.39. The van der Waals surface area contributed by atoms with Crippen LogP contribution in [-0.2, 0) is 33.7 Å². The number of fused-ring (bicyclic) bond motifs is 3. The minimum Gasteiger partial charge on any atom is -0.468 e. The van der Waals surface area contributed by atoms with E-state index in [-0.39, 0.29) is 23.6 Å². The molecule has 1 amide bonds. The van der Waals surface area contributed by atoms with Gasteiger partial charge in [0, 0.05) is 42.7 Å². The van der Waals surface area contributed by atoms with E-state index < -0.39 is 5.92 Å². The average molecular weight is 503 g/mol. The summed E-state index contributed by atoms with van der Waals surface area (Å²) in [7, 11) is 1.81. The Morgan fingerprint density at radius 2 is 1.65 bits per heavy atom. The van der Waals surface area contributed by atoms with E-state index in [1.54, 1.807) is 29.2 Å². The maximum absolute atomic E-state index is 13.9. The van der Waals surface area contributed by atoms with Gasteiger partial charge in [0.1, 0.15) is 11.6 Å². The molecule has 1 aromatic heterocycles. The van der Waals surface area contributed by atoms with Crippen LogP contribution in [0.4, 0.5) is 8.78 Å². The quantitative estimate of drug-likeness (QED) is 0.245. The number of carbonyl (C=O) groups excluding carboxylic acids is 2. The van der Waals surface area contributed by atoms with Crippen LogP contribution in [0.25, 0.3) is 10.9 Å². The van der Waals surface area contributed by atoms with Crippen LogP contribution in [0.2, 0.25) is 0 Å². The first-order chi connectivity index (χ1) is 18.0. The normalized spacial score (nSPS) is 15.0. The van der Waals surface area contributed by atoms with E-state index >= 15 is 0 Å². The maximum atomic E-state index is 13.9. The second-order valence-corrected chi connectivity index (χ2v) is 9.45. The highest BCUT2D eigenvalue weighted by Gasteiger charge is 2.33. The van der Waals surface area contributed by atoms with Gasteiger partial charge in [-0.1, -0.05) is 42.5 Å². The fraction of sp³-hybridized carbons (Fsp3) is 0.267. The molecule has 0 bridgehead atoms. The molecular weight excluding hydrogens is 474 g/mol. The van der Waals surface area contributed by atoms with Gasteiger partial charge in [0.2, 0.25) is 5.91 Å². The SMILES string of the molecule is CN(C(=O)C(c1ccc(F)cc1)c1ccc(F)cc1)C1CCc2c(CCOC=O)c3ccccc3n2C1. The number of ether oxygens (including phenoxy) is 1. The lowest BCUT2D eigenvalue weighted by Crippen LogP contribution is -2.44. The van der Waals surface area contributed by atoms with Gasteiger partial charge in [0.15, 0.2) is 0 Å². The van der Waals surface area contributed by atoms with E-state index in [1.807, 2.05) is 19.2 Å². The van der Waals surface area contributed by atoms with Crippen molar-refractivity contribution in [1.29, 1.82) is 0 Å². The first kappa shape index (κ1) is 24.7. The molecule has 1 aliphatic heterocycles. The van der Waals surface area contributed by atoms with Crippen LogP contribution in [0.5, 0.6) is 0 Å². The van der Waals surface area contributed by atoms with E-state index in [2.05, 4.69) is 16.7 Å². The molecule has 5 nitrogen and oxygen atoms in total. The number of para-hydroxylation sites is 1. The summed E-state index contributed by atoms with van der Waals surface area (Å²) in [6.45, 7) is 1.43. The van der Waals surface area contributed by atoms with Crippen molar-refractivity contribution in [3.8, 4) is 0 Å². The Hall–Kier alpha value is -4.00. The van der Waals surface area contributed by atoms with Crippen molar-refractivity contribution in [1.82, 2.24) is 9.47 Å². The van der Waals surface area contributed by atoms with Crippen molar-refractivity contribution in [3.63, 3.8) is 0 Å². The van der Waals surface area contributed by atoms with Gasteiger partial charge in [-0.15, -0.1) is 0 Å². The Kier molecular flexibility index (Phi) is 7.04. The van der Waals surface area contributed by atoms with Gasteiger partial charge < -0.3 is 14.2 Å². The fourth-order valence-corrected chi connectivity index (χ4v) is 5.50. The summed E-state index contributed by atoms with van der Waals surface area (Å²) >= 11 is 0. The van der Waals surface area contributed by atoms with Crippen LogP contribution in [0.3, 0.4) is 0 Å². The van der Waals surface area contributed by atoms with Gasteiger partial charge in [-0.05, 0) is 59.9 Å². The summed E-state index contributed by atoms with van der Waals surface area (Å²) in [5.74, 6) is -1.56. The zero-order valence-corrected chi connectivity index (χ0v) is 20.6. The molecule has 37 heavy (non-hydrogen) atoms. The minimum absolute atomic E-state index is 0.0572. The average Bonchev–Trinajstić information content (AvgIpc) is 3.23. The molecule has 4 aromatic rings. The fourth-order valence-electron chi connectivity index (χ4n) is 5.50. The molecule has 0 aliphatic carbocycles. The molecule has 1 aliphatic rings. The third kappa shape index (κ3) is 4.86. The van der Waals surface area contributed by atoms with Crippen LogP contribution < -0.4 is 0 Å². The predicted octanol–water partition coefficient (Wildman–Crippen LogP) is 5.24. The highest BCUT2D eigenvalue weighted by molar-refractivity contribution is 5.88. The number of hydrogen-bond acceptors (Lipinski definition) is 3. The molecule has 0 spiro atoms. The smallest absolute Gasteiger partial charge is 0.293 e. The van der Waals surface area contributed by atoms with Gasteiger partial charge in [-0.2, -0.15) is 0 Å². The standard InChI is InChI=1S/C30H28F2N2O3/c1-33(30(36)29(20-6-10-22(31)11-7-20)21-8-12-23(32)13-9-21)24-14-15-28-26(16-17-37-19-35)25-4-2-3-5-27(25)34(28)18-24/h2-13,19,24,29H,14-18H2,1H3. The molecular formula is C30H28F2N2O3. The zero-order valence-electron chi connectivity index (χ0n) is 20.6. The molecule has 5 rings (SSSR count). The lowest BCUT2D eigenvalue weighted by atomic mass is 9.89. The second-order valence-electron chi connectivity index (χ2n) is 9.45. The molecule has 1 atom stereocenters. The number of hydrogen-bond donors (Lipinski definition) is 0. The van der Waals surface area contributed by atoms with Crippen LogP contribution in [-0.4, -0.2) is 41.5 Å². The summed E-state index contributed by atoms with van der Waals surface area (Å²) in [5.41, 5.74) is 4.80. The lowest BCUT2D eigenvalue weighted by molar-refractivity contribution is -0.133. The van der Waals surface area contributed by atoms with Gasteiger partial charge in [-0.3, -0.25) is 9.59 Å². The summed E-state index contributed by atoms with van der Waals surface area (Å²) in [4.78, 5) is 26.4. The molecule has 0 saturated carbocycles. The third-order valence-corrected chi connectivity index (χ3v) is 7.39. The molecule has 2 heterocycles. The van der Waals surface area contributed by atoms with Gasteiger partial charge in [0.25, 0.3) is 6.47 Å². The topological polar surface area (TPSA) is 51.5 Å². The monoisotopic (exact) mass is 502 g/mol. The molecule has 3 aromatic carbocycles. The van der Waals surface area contributed by atoms with Gasteiger partial charge in [0.05, 0.1) is 12.5 Å². The number of likely N-dealkylation sites (N-methyl/N-ethyl adjacent to an activating group) is 1. The number of nitrogens with zero attached hydrogens (tertiary/aromatic N) is 2. The first-order valence-electron chi connectivity index (χ1n) is 12.4. The second kappa shape index (κ2) is 10.5. The Morgan fingerprint density at radius 1 is 1.03 bits per heavy atom. The molecule has 0 radical (unpaired) electrons. The molecule has 1 unspecified atom stereocenters. The van der Waals surface area contributed by atoms with Crippen molar-refractivity contribution in [3.05, 3.63) is 107 Å². The Labute approximate surface area is 214 Å². The van der Waals surface area contributed by atoms with Crippen molar-refractivity contribution in [2.75, 3.05) is 13.7 Å². The first-order valence-corrected chi connectivity index (χ1v) is 12.4. The predicted molar refractivity (Wildman–Crippen MR) is 137 cm³/mol. The van der Waals surface area contributed by atoms with Crippen molar-refractivity contribution < 1.29 is 23.1 Å². The Bertz CT molecular complexity index is 1370. The molecule has 190 valence electrons. The summed E-state index contributed by atoms with van der Waals surface area (Å²) in [5, 5.41) is 1.14. The number of amides is 1. The van der Waals surface area contributed by atoms with E-state index in [4.69, 9.17) is 4.74 Å². The zero-order chi connectivity index (χ0) is 25.9. The van der Waals surface area contributed by atoms with E-state index in [9.17, 15) is 18.4 Å². The van der Waals surface area contributed by atoms with E-state index in [0.717, 1.165) is 23.7 Å². The number of carbonyl (C=O) groups is 2. The van der Waals surface area contributed by atoms with Gasteiger partial charge >= 0.3 is 0 Å². The Morgan fingerprint density at radius 3 is 2.27 bits per heavy atom. The summed E-state index contributed by atoms with van der Waals surface area (Å²) < 4.78 is 34.5. The lowest BCUT2D eigenvalue weighted by Gasteiger charge is -2.35. The summed E-state index contributed by atoms with van der Waals surface area (Å²) in [6, 6.07) is 19.9.